The monoisotopic (exact) mass is 547 g/mol. The van der Waals surface area contributed by atoms with Crippen LogP contribution in [0.2, 0.25) is 0 Å². The normalized spacial score (nSPS) is 12.1. The number of ether oxygens (including phenoxy) is 1. The highest BCUT2D eigenvalue weighted by molar-refractivity contribution is 7.80. The van der Waals surface area contributed by atoms with E-state index in [2.05, 4.69) is 25.6 Å². The van der Waals surface area contributed by atoms with Crippen LogP contribution in [0.25, 0.3) is 27.5 Å². The van der Waals surface area contributed by atoms with Crippen molar-refractivity contribution in [3.8, 4) is 11.4 Å². The zero-order valence-electron chi connectivity index (χ0n) is 21.3. The Hall–Kier alpha value is -4.44. The van der Waals surface area contributed by atoms with E-state index in [1.807, 2.05) is 73.9 Å². The number of thiocarbonyl (C=S) groups is 1. The van der Waals surface area contributed by atoms with Crippen LogP contribution in [0.5, 0.6) is 5.75 Å². The average molecular weight is 548 g/mol. The van der Waals surface area contributed by atoms with Gasteiger partial charge in [0.2, 0.25) is 0 Å². The summed E-state index contributed by atoms with van der Waals surface area (Å²) in [7, 11) is 0. The van der Waals surface area contributed by atoms with Crippen LogP contribution in [-0.4, -0.2) is 26.7 Å². The van der Waals surface area contributed by atoms with E-state index in [0.717, 1.165) is 49.9 Å². The van der Waals surface area contributed by atoms with Gasteiger partial charge in [-0.3, -0.25) is 9.99 Å². The number of para-hydroxylation sites is 1. The maximum absolute atomic E-state index is 12.5. The fourth-order valence-corrected chi connectivity index (χ4v) is 4.55. The maximum atomic E-state index is 12.5. The van der Waals surface area contributed by atoms with Crippen LogP contribution in [0.3, 0.4) is 0 Å². The van der Waals surface area contributed by atoms with E-state index >= 15 is 0 Å². The molecule has 0 aliphatic heterocycles. The van der Waals surface area contributed by atoms with Gasteiger partial charge in [-0.1, -0.05) is 36.4 Å². The molecule has 0 saturated carbocycles. The van der Waals surface area contributed by atoms with Gasteiger partial charge in [0.15, 0.2) is 5.11 Å². The Balaban J connectivity index is 1.36. The third-order valence-corrected chi connectivity index (χ3v) is 6.54. The molecule has 2 N–H and O–H groups in total. The van der Waals surface area contributed by atoms with E-state index < -0.39 is 6.36 Å². The van der Waals surface area contributed by atoms with Crippen molar-refractivity contribution in [3.63, 3.8) is 0 Å². The molecule has 1 heterocycles. The van der Waals surface area contributed by atoms with E-state index in [1.165, 1.54) is 12.1 Å². The maximum Gasteiger partial charge on any atom is 0.573 e. The fraction of sp³-hybridized carbons (Fsp3) is 0.138. The third kappa shape index (κ3) is 5.70. The number of hydrogen-bond acceptors (Lipinski definition) is 4. The molecule has 0 aliphatic carbocycles. The molecule has 10 heteroatoms. The van der Waals surface area contributed by atoms with E-state index in [0.29, 0.717) is 10.8 Å². The first-order valence-corrected chi connectivity index (χ1v) is 12.4. The van der Waals surface area contributed by atoms with Crippen molar-refractivity contribution >= 4 is 50.5 Å². The standard InChI is InChI=1S/C29H24F3N5OS/c1-17-5-4-6-18(2)26(17)34-28(39)36-35-19(3)20-7-13-24-21(15-20)8-14-25-27(24)33-16-37(25)22-9-11-23(12-10-22)38-29(30,31)32/h4-16H,1-3H3,(H2,34,36,39). The van der Waals surface area contributed by atoms with Crippen LogP contribution in [-0.2, 0) is 0 Å². The van der Waals surface area contributed by atoms with Crippen molar-refractivity contribution in [3.05, 3.63) is 95.8 Å². The Morgan fingerprint density at radius 1 is 0.974 bits per heavy atom. The number of aryl methyl sites for hydroxylation is 2. The van der Waals surface area contributed by atoms with E-state index in [-0.39, 0.29) is 5.75 Å². The average Bonchev–Trinajstić information content (AvgIpc) is 3.33. The van der Waals surface area contributed by atoms with Crippen molar-refractivity contribution in [2.45, 2.75) is 27.1 Å². The van der Waals surface area contributed by atoms with E-state index in [1.54, 1.807) is 18.5 Å². The number of nitrogens with zero attached hydrogens (tertiary/aromatic N) is 3. The summed E-state index contributed by atoms with van der Waals surface area (Å²) in [4.78, 5) is 4.58. The fourth-order valence-electron chi connectivity index (χ4n) is 4.40. The highest BCUT2D eigenvalue weighted by Crippen LogP contribution is 2.29. The summed E-state index contributed by atoms with van der Waals surface area (Å²) in [5.41, 5.74) is 10.0. The lowest BCUT2D eigenvalue weighted by Gasteiger charge is -2.13. The first-order valence-electron chi connectivity index (χ1n) is 12.0. The quantitative estimate of drug-likeness (QED) is 0.136. The van der Waals surface area contributed by atoms with Crippen LogP contribution >= 0.6 is 12.2 Å². The molecule has 0 spiro atoms. The van der Waals surface area contributed by atoms with Gasteiger partial charge in [-0.25, -0.2) is 4.98 Å². The predicted molar refractivity (Wildman–Crippen MR) is 153 cm³/mol. The second-order valence-corrected chi connectivity index (χ2v) is 9.46. The zero-order chi connectivity index (χ0) is 27.7. The molecule has 39 heavy (non-hydrogen) atoms. The van der Waals surface area contributed by atoms with Gasteiger partial charge >= 0.3 is 6.36 Å². The highest BCUT2D eigenvalue weighted by Gasteiger charge is 2.31. The number of rotatable bonds is 5. The molecule has 198 valence electrons. The molecule has 5 aromatic rings. The van der Waals surface area contributed by atoms with Gasteiger partial charge in [0, 0.05) is 16.8 Å². The van der Waals surface area contributed by atoms with Crippen molar-refractivity contribution in [2.75, 3.05) is 5.32 Å². The summed E-state index contributed by atoms with van der Waals surface area (Å²) < 4.78 is 43.2. The van der Waals surface area contributed by atoms with Crippen molar-refractivity contribution < 1.29 is 17.9 Å². The topological polar surface area (TPSA) is 63.5 Å². The summed E-state index contributed by atoms with van der Waals surface area (Å²) in [6, 6.07) is 21.6. The van der Waals surface area contributed by atoms with Crippen LogP contribution in [0, 0.1) is 13.8 Å². The molecule has 0 radical (unpaired) electrons. The predicted octanol–water partition coefficient (Wildman–Crippen LogP) is 7.40. The summed E-state index contributed by atoms with van der Waals surface area (Å²) in [5, 5.41) is 9.99. The minimum Gasteiger partial charge on any atom is -0.406 e. The van der Waals surface area contributed by atoms with Crippen LogP contribution < -0.4 is 15.5 Å². The Kier molecular flexibility index (Phi) is 6.96. The first kappa shape index (κ1) is 26.2. The lowest BCUT2D eigenvalue weighted by atomic mass is 10.0. The number of alkyl halides is 3. The number of hydrazone groups is 1. The number of nitrogens with one attached hydrogen (secondary N) is 2. The number of aromatic nitrogens is 2. The number of imidazole rings is 1. The molecule has 1 aromatic heterocycles. The van der Waals surface area contributed by atoms with Crippen molar-refractivity contribution in [1.82, 2.24) is 15.0 Å². The smallest absolute Gasteiger partial charge is 0.406 e. The Morgan fingerprint density at radius 2 is 1.69 bits per heavy atom. The summed E-state index contributed by atoms with van der Waals surface area (Å²) >= 11 is 5.43. The molecule has 5 rings (SSSR count). The first-order chi connectivity index (χ1) is 18.6. The summed E-state index contributed by atoms with van der Waals surface area (Å²) in [6.07, 6.45) is -3.08. The van der Waals surface area contributed by atoms with Gasteiger partial charge < -0.3 is 10.1 Å². The van der Waals surface area contributed by atoms with Gasteiger partial charge in [-0.15, -0.1) is 13.2 Å². The Bertz CT molecular complexity index is 1710. The Morgan fingerprint density at radius 3 is 2.38 bits per heavy atom. The van der Waals surface area contributed by atoms with Gasteiger partial charge in [-0.05, 0) is 91.5 Å². The largest absolute Gasteiger partial charge is 0.573 e. The molecule has 0 amide bonds. The molecule has 0 aliphatic rings. The molecule has 6 nitrogen and oxygen atoms in total. The van der Waals surface area contributed by atoms with Gasteiger partial charge in [-0.2, -0.15) is 5.10 Å². The second kappa shape index (κ2) is 10.4. The SMILES string of the molecule is CC(=NNC(=S)Nc1c(C)cccc1C)c1ccc2c(ccc3c2ncn3-c2ccc(OC(F)(F)F)cc2)c1. The van der Waals surface area contributed by atoms with Crippen molar-refractivity contribution in [2.24, 2.45) is 5.10 Å². The highest BCUT2D eigenvalue weighted by atomic mass is 32.1. The molecular weight excluding hydrogens is 523 g/mol. The molecule has 0 fully saturated rings. The molecule has 0 unspecified atom stereocenters. The van der Waals surface area contributed by atoms with E-state index in [9.17, 15) is 13.2 Å². The lowest BCUT2D eigenvalue weighted by Crippen LogP contribution is -2.25. The van der Waals surface area contributed by atoms with E-state index in [4.69, 9.17) is 12.2 Å². The minimum absolute atomic E-state index is 0.276. The number of hydrogen-bond donors (Lipinski definition) is 2. The number of anilines is 1. The Labute approximate surface area is 228 Å². The van der Waals surface area contributed by atoms with Gasteiger partial charge in [0.25, 0.3) is 0 Å². The third-order valence-electron chi connectivity index (χ3n) is 6.34. The molecular formula is C29H24F3N5OS. The molecule has 0 bridgehead atoms. The van der Waals surface area contributed by atoms with Crippen LogP contribution in [0.1, 0.15) is 23.6 Å². The molecule has 0 saturated heterocycles. The minimum atomic E-state index is -4.73. The number of fused-ring (bicyclic) bond motifs is 3. The molecule has 4 aromatic carbocycles. The van der Waals surface area contributed by atoms with Gasteiger partial charge in [0.05, 0.1) is 16.7 Å². The summed E-state index contributed by atoms with van der Waals surface area (Å²) in [5.74, 6) is -0.276. The summed E-state index contributed by atoms with van der Waals surface area (Å²) in [6.45, 7) is 5.94. The number of benzene rings is 4. The number of halogens is 3. The molecule has 0 atom stereocenters. The van der Waals surface area contributed by atoms with Crippen molar-refractivity contribution in [1.29, 1.82) is 0 Å². The second-order valence-electron chi connectivity index (χ2n) is 9.06. The lowest BCUT2D eigenvalue weighted by molar-refractivity contribution is -0.274. The zero-order valence-corrected chi connectivity index (χ0v) is 22.1. The van der Waals surface area contributed by atoms with Crippen LogP contribution in [0.4, 0.5) is 18.9 Å². The van der Waals surface area contributed by atoms with Crippen LogP contribution in [0.15, 0.2) is 84.2 Å². The van der Waals surface area contributed by atoms with Gasteiger partial charge in [0.1, 0.15) is 12.1 Å².